The Balaban J connectivity index is 2.64. The van der Waals surface area contributed by atoms with Gasteiger partial charge in [-0.2, -0.15) is 0 Å². The van der Waals surface area contributed by atoms with Crippen LogP contribution in [0.15, 0.2) is 22.8 Å². The Kier molecular flexibility index (Phi) is 5.25. The summed E-state index contributed by atoms with van der Waals surface area (Å²) in [4.78, 5) is 15.7. The van der Waals surface area contributed by atoms with Gasteiger partial charge in [-0.1, -0.05) is 22.9 Å². The van der Waals surface area contributed by atoms with Gasteiger partial charge in [0.15, 0.2) is 0 Å². The molecule has 5 heteroatoms. The van der Waals surface area contributed by atoms with Crippen LogP contribution >= 0.6 is 31.9 Å². The van der Waals surface area contributed by atoms with Crippen molar-refractivity contribution >= 4 is 37.8 Å². The number of carbonyl (C=O) groups excluding carboxylic acids is 1. The molecule has 1 rings (SSSR count). The van der Waals surface area contributed by atoms with Gasteiger partial charge in [0, 0.05) is 22.0 Å². The molecule has 1 aromatic rings. The fraction of sp³-hybridized carbons (Fsp3) is 0.400. The molecule has 82 valence electrons. The third-order valence-electron chi connectivity index (χ3n) is 1.97. The normalized spacial score (nSPS) is 12.2. The molecule has 0 spiro atoms. The number of pyridine rings is 1. The largest absolute Gasteiger partial charge is 0.347 e. The van der Waals surface area contributed by atoms with E-state index in [0.717, 1.165) is 16.2 Å². The molecule has 1 N–H and O–H groups in total. The second-order valence-electron chi connectivity index (χ2n) is 3.09. The number of nitrogens with zero attached hydrogens (tertiary/aromatic N) is 1. The highest BCUT2D eigenvalue weighted by Gasteiger charge is 2.11. The SMILES string of the molecule is CCC(CBr)NC(=O)c1ccc(Br)cn1. The highest BCUT2D eigenvalue weighted by atomic mass is 79.9. The fourth-order valence-corrected chi connectivity index (χ4v) is 1.87. The van der Waals surface area contributed by atoms with Crippen molar-refractivity contribution in [2.75, 3.05) is 5.33 Å². The summed E-state index contributed by atoms with van der Waals surface area (Å²) in [6.07, 6.45) is 2.51. The molecule has 3 nitrogen and oxygen atoms in total. The summed E-state index contributed by atoms with van der Waals surface area (Å²) in [5, 5.41) is 3.64. The van der Waals surface area contributed by atoms with Crippen LogP contribution in [-0.4, -0.2) is 22.3 Å². The van der Waals surface area contributed by atoms with E-state index in [-0.39, 0.29) is 11.9 Å². The Morgan fingerprint density at radius 3 is 2.80 bits per heavy atom. The molecule has 1 heterocycles. The maximum absolute atomic E-state index is 11.7. The first-order chi connectivity index (χ1) is 7.17. The first-order valence-corrected chi connectivity index (χ1v) is 6.57. The molecular formula is C10H12Br2N2O. The van der Waals surface area contributed by atoms with E-state index in [4.69, 9.17) is 0 Å². The highest BCUT2D eigenvalue weighted by Crippen LogP contribution is 2.07. The van der Waals surface area contributed by atoms with Gasteiger partial charge in [0.1, 0.15) is 5.69 Å². The number of nitrogens with one attached hydrogen (secondary N) is 1. The van der Waals surface area contributed by atoms with Crippen molar-refractivity contribution < 1.29 is 4.79 Å². The average Bonchev–Trinajstić information content (AvgIpc) is 2.26. The number of halogens is 2. The molecule has 1 amide bonds. The molecule has 0 aliphatic carbocycles. The van der Waals surface area contributed by atoms with Gasteiger partial charge in [-0.05, 0) is 34.5 Å². The van der Waals surface area contributed by atoms with Gasteiger partial charge in [0.05, 0.1) is 0 Å². The van der Waals surface area contributed by atoms with Crippen LogP contribution in [0, 0.1) is 0 Å². The molecule has 0 aliphatic heterocycles. The zero-order chi connectivity index (χ0) is 11.3. The number of rotatable bonds is 4. The lowest BCUT2D eigenvalue weighted by Gasteiger charge is -2.13. The minimum atomic E-state index is -0.131. The first-order valence-electron chi connectivity index (χ1n) is 4.65. The highest BCUT2D eigenvalue weighted by molar-refractivity contribution is 9.10. The summed E-state index contributed by atoms with van der Waals surface area (Å²) in [5.74, 6) is -0.131. The Bertz CT molecular complexity index is 323. The van der Waals surface area contributed by atoms with Gasteiger partial charge in [0.2, 0.25) is 0 Å². The number of carbonyl (C=O) groups is 1. The predicted octanol–water partition coefficient (Wildman–Crippen LogP) is 2.75. The third kappa shape index (κ3) is 3.91. The summed E-state index contributed by atoms with van der Waals surface area (Å²) in [6.45, 7) is 2.03. The third-order valence-corrected chi connectivity index (χ3v) is 3.22. The summed E-state index contributed by atoms with van der Waals surface area (Å²) in [5.41, 5.74) is 0.442. The minimum absolute atomic E-state index is 0.131. The standard InChI is InChI=1S/C10H12Br2N2O/c1-2-8(5-11)14-10(15)9-4-3-7(12)6-13-9/h3-4,6,8H,2,5H2,1H3,(H,14,15). The topological polar surface area (TPSA) is 42.0 Å². The predicted molar refractivity (Wildman–Crippen MR) is 67.3 cm³/mol. The summed E-state index contributed by atoms with van der Waals surface area (Å²) >= 11 is 6.62. The van der Waals surface area contributed by atoms with Gasteiger partial charge >= 0.3 is 0 Å². The molecule has 1 unspecified atom stereocenters. The van der Waals surface area contributed by atoms with Gasteiger partial charge in [0.25, 0.3) is 5.91 Å². The van der Waals surface area contributed by atoms with Crippen LogP contribution in [0.1, 0.15) is 23.8 Å². The van der Waals surface area contributed by atoms with E-state index in [1.807, 2.05) is 6.92 Å². The van der Waals surface area contributed by atoms with Gasteiger partial charge in [-0.25, -0.2) is 4.98 Å². The van der Waals surface area contributed by atoms with Crippen molar-refractivity contribution in [2.45, 2.75) is 19.4 Å². The molecule has 0 radical (unpaired) electrons. The molecule has 0 aliphatic rings. The van der Waals surface area contributed by atoms with Crippen LogP contribution in [0.25, 0.3) is 0 Å². The van der Waals surface area contributed by atoms with E-state index in [0.29, 0.717) is 5.69 Å². The van der Waals surface area contributed by atoms with Crippen molar-refractivity contribution in [2.24, 2.45) is 0 Å². The maximum Gasteiger partial charge on any atom is 0.270 e. The van der Waals surface area contributed by atoms with Crippen LogP contribution in [0.3, 0.4) is 0 Å². The van der Waals surface area contributed by atoms with E-state index in [1.54, 1.807) is 18.3 Å². The zero-order valence-corrected chi connectivity index (χ0v) is 11.5. The van der Waals surface area contributed by atoms with Crippen molar-refractivity contribution in [1.29, 1.82) is 0 Å². The van der Waals surface area contributed by atoms with Crippen molar-refractivity contribution in [3.8, 4) is 0 Å². The summed E-state index contributed by atoms with van der Waals surface area (Å²) < 4.78 is 0.867. The number of hydrogen-bond donors (Lipinski definition) is 1. The monoisotopic (exact) mass is 334 g/mol. The van der Waals surface area contributed by atoms with E-state index in [1.165, 1.54) is 0 Å². The van der Waals surface area contributed by atoms with Crippen LogP contribution in [0.4, 0.5) is 0 Å². The molecule has 0 aromatic carbocycles. The van der Waals surface area contributed by atoms with Crippen LogP contribution in [0.2, 0.25) is 0 Å². The molecule has 0 saturated carbocycles. The Hall–Kier alpha value is -0.420. The van der Waals surface area contributed by atoms with E-state index >= 15 is 0 Å². The van der Waals surface area contributed by atoms with Crippen LogP contribution in [-0.2, 0) is 0 Å². The minimum Gasteiger partial charge on any atom is -0.347 e. The van der Waals surface area contributed by atoms with Crippen molar-refractivity contribution in [1.82, 2.24) is 10.3 Å². The summed E-state index contributed by atoms with van der Waals surface area (Å²) in [6, 6.07) is 3.65. The average molecular weight is 336 g/mol. The molecular weight excluding hydrogens is 324 g/mol. The van der Waals surface area contributed by atoms with Crippen LogP contribution < -0.4 is 5.32 Å². The van der Waals surface area contributed by atoms with E-state index in [9.17, 15) is 4.79 Å². The number of aromatic nitrogens is 1. The molecule has 15 heavy (non-hydrogen) atoms. The smallest absolute Gasteiger partial charge is 0.270 e. The van der Waals surface area contributed by atoms with Crippen LogP contribution in [0.5, 0.6) is 0 Å². The van der Waals surface area contributed by atoms with E-state index in [2.05, 4.69) is 42.2 Å². The Morgan fingerprint density at radius 2 is 2.33 bits per heavy atom. The number of hydrogen-bond acceptors (Lipinski definition) is 2. The quantitative estimate of drug-likeness (QED) is 0.860. The fourth-order valence-electron chi connectivity index (χ4n) is 1.02. The van der Waals surface area contributed by atoms with Gasteiger partial charge in [-0.15, -0.1) is 0 Å². The lowest BCUT2D eigenvalue weighted by Crippen LogP contribution is -2.35. The Morgan fingerprint density at radius 1 is 1.60 bits per heavy atom. The number of amides is 1. The second-order valence-corrected chi connectivity index (χ2v) is 4.66. The van der Waals surface area contributed by atoms with E-state index < -0.39 is 0 Å². The molecule has 0 saturated heterocycles. The lowest BCUT2D eigenvalue weighted by atomic mass is 10.2. The number of alkyl halides is 1. The zero-order valence-electron chi connectivity index (χ0n) is 8.34. The van der Waals surface area contributed by atoms with Gasteiger partial charge in [-0.3, -0.25) is 4.79 Å². The summed E-state index contributed by atoms with van der Waals surface area (Å²) in [7, 11) is 0. The lowest BCUT2D eigenvalue weighted by molar-refractivity contribution is 0.0935. The van der Waals surface area contributed by atoms with Crippen molar-refractivity contribution in [3.05, 3.63) is 28.5 Å². The molecule has 0 fully saturated rings. The first kappa shape index (κ1) is 12.6. The van der Waals surface area contributed by atoms with Crippen molar-refractivity contribution in [3.63, 3.8) is 0 Å². The maximum atomic E-state index is 11.7. The molecule has 1 aromatic heterocycles. The van der Waals surface area contributed by atoms with Gasteiger partial charge < -0.3 is 5.32 Å². The molecule has 0 bridgehead atoms. The second kappa shape index (κ2) is 6.23. The Labute approximate surface area is 106 Å². The molecule has 1 atom stereocenters.